The molecule has 1 fully saturated rings. The van der Waals surface area contributed by atoms with Gasteiger partial charge >= 0.3 is 0 Å². The molecule has 0 bridgehead atoms. The molecule has 0 amide bonds. The first kappa shape index (κ1) is 14.3. The van der Waals surface area contributed by atoms with E-state index in [4.69, 9.17) is 5.73 Å². The van der Waals surface area contributed by atoms with Gasteiger partial charge in [0.25, 0.3) is 0 Å². The smallest absolute Gasteiger partial charge is 0.139 e. The van der Waals surface area contributed by atoms with Crippen molar-refractivity contribution in [3.63, 3.8) is 0 Å². The van der Waals surface area contributed by atoms with E-state index in [-0.39, 0.29) is 12.1 Å². The molecule has 0 radical (unpaired) electrons. The molecule has 2 unspecified atom stereocenters. The molecule has 0 spiro atoms. The number of aromatic nitrogens is 2. The molecule has 3 rings (SSSR count). The highest BCUT2D eigenvalue weighted by molar-refractivity contribution is 5.55. The largest absolute Gasteiger partial charge is 0.394 e. The summed E-state index contributed by atoms with van der Waals surface area (Å²) in [5.41, 5.74) is 7.07. The van der Waals surface area contributed by atoms with Gasteiger partial charge in [-0.3, -0.25) is 0 Å². The van der Waals surface area contributed by atoms with Gasteiger partial charge in [-0.15, -0.1) is 0 Å². The van der Waals surface area contributed by atoms with Crippen molar-refractivity contribution >= 4 is 0 Å². The van der Waals surface area contributed by atoms with Crippen LogP contribution in [-0.4, -0.2) is 26.8 Å². The molecule has 0 aliphatic heterocycles. The molecule has 0 saturated heterocycles. The van der Waals surface area contributed by atoms with Crippen LogP contribution in [0.4, 0.5) is 0 Å². The average molecular weight is 285 g/mol. The first-order valence-corrected chi connectivity index (χ1v) is 7.69. The van der Waals surface area contributed by atoms with Gasteiger partial charge in [0.2, 0.25) is 0 Å². The number of hydrogen-bond acceptors (Lipinski definition) is 3. The quantitative estimate of drug-likeness (QED) is 0.887. The molecule has 21 heavy (non-hydrogen) atoms. The topological polar surface area (TPSA) is 64.1 Å². The van der Waals surface area contributed by atoms with Crippen LogP contribution in [0.2, 0.25) is 0 Å². The summed E-state index contributed by atoms with van der Waals surface area (Å²) in [5, 5.41) is 9.54. The molecule has 112 valence electrons. The zero-order valence-electron chi connectivity index (χ0n) is 12.3. The highest BCUT2D eigenvalue weighted by Gasteiger charge is 2.38. The van der Waals surface area contributed by atoms with E-state index >= 15 is 0 Å². The lowest BCUT2D eigenvalue weighted by atomic mass is 9.86. The highest BCUT2D eigenvalue weighted by atomic mass is 16.3. The summed E-state index contributed by atoms with van der Waals surface area (Å²) in [6.07, 6.45) is 8.04. The molecule has 4 heteroatoms. The lowest BCUT2D eigenvalue weighted by molar-refractivity contribution is 0.153. The van der Waals surface area contributed by atoms with Crippen LogP contribution in [0, 0.1) is 5.92 Å². The zero-order chi connectivity index (χ0) is 14.7. The monoisotopic (exact) mass is 285 g/mol. The van der Waals surface area contributed by atoms with Crippen LogP contribution >= 0.6 is 0 Å². The van der Waals surface area contributed by atoms with E-state index in [1.54, 1.807) is 0 Å². The molecule has 2 atom stereocenters. The maximum atomic E-state index is 9.54. The average Bonchev–Trinajstić information content (AvgIpc) is 3.13. The Balaban J connectivity index is 1.71. The highest BCUT2D eigenvalue weighted by Crippen LogP contribution is 2.36. The first-order chi connectivity index (χ1) is 10.2. The summed E-state index contributed by atoms with van der Waals surface area (Å²) in [6.45, 7) is 0.987. The summed E-state index contributed by atoms with van der Waals surface area (Å²) in [7, 11) is 0. The summed E-state index contributed by atoms with van der Waals surface area (Å²) >= 11 is 0. The van der Waals surface area contributed by atoms with E-state index in [9.17, 15) is 5.11 Å². The third-order valence-corrected chi connectivity index (χ3v) is 4.77. The Morgan fingerprint density at radius 2 is 2.14 bits per heavy atom. The van der Waals surface area contributed by atoms with Crippen molar-refractivity contribution in [2.75, 3.05) is 6.61 Å². The Morgan fingerprint density at radius 1 is 1.33 bits per heavy atom. The maximum absolute atomic E-state index is 9.54. The van der Waals surface area contributed by atoms with Crippen LogP contribution in [0.25, 0.3) is 11.4 Å². The molecule has 1 aliphatic rings. The Labute approximate surface area is 125 Å². The van der Waals surface area contributed by atoms with Crippen LogP contribution in [0.15, 0.2) is 42.7 Å². The second-order valence-electron chi connectivity index (χ2n) is 6.08. The molecular weight excluding hydrogens is 262 g/mol. The fourth-order valence-electron chi connectivity index (χ4n) is 3.44. The molecule has 2 aromatic rings. The number of aliphatic hydroxyl groups is 1. The van der Waals surface area contributed by atoms with Gasteiger partial charge in [-0.25, -0.2) is 4.98 Å². The normalized spacial score (nSPS) is 25.3. The van der Waals surface area contributed by atoms with Crippen LogP contribution in [0.3, 0.4) is 0 Å². The van der Waals surface area contributed by atoms with Gasteiger partial charge in [0.1, 0.15) is 5.82 Å². The lowest BCUT2D eigenvalue weighted by Crippen LogP contribution is -2.47. The number of benzene rings is 1. The van der Waals surface area contributed by atoms with E-state index in [0.717, 1.165) is 43.6 Å². The van der Waals surface area contributed by atoms with Gasteiger partial charge in [0, 0.05) is 30.0 Å². The van der Waals surface area contributed by atoms with Gasteiger partial charge < -0.3 is 15.4 Å². The number of nitrogens with two attached hydrogens (primary N) is 1. The predicted octanol–water partition coefficient (Wildman–Crippen LogP) is 2.43. The van der Waals surface area contributed by atoms with Crippen LogP contribution in [-0.2, 0) is 6.54 Å². The van der Waals surface area contributed by atoms with Crippen molar-refractivity contribution in [3.05, 3.63) is 42.7 Å². The number of hydrogen-bond donors (Lipinski definition) is 2. The van der Waals surface area contributed by atoms with E-state index in [1.165, 1.54) is 0 Å². The fraction of sp³-hybridized carbons (Fsp3) is 0.471. The van der Waals surface area contributed by atoms with Crippen LogP contribution in [0.5, 0.6) is 0 Å². The van der Waals surface area contributed by atoms with Crippen molar-refractivity contribution in [3.8, 4) is 11.4 Å². The van der Waals surface area contributed by atoms with Crippen molar-refractivity contribution in [1.29, 1.82) is 0 Å². The second-order valence-corrected chi connectivity index (χ2v) is 6.08. The summed E-state index contributed by atoms with van der Waals surface area (Å²) in [4.78, 5) is 4.47. The Hall–Kier alpha value is -1.65. The van der Waals surface area contributed by atoms with Gasteiger partial charge in [0.05, 0.1) is 6.61 Å². The molecular formula is C17H23N3O. The van der Waals surface area contributed by atoms with Crippen LogP contribution in [0.1, 0.15) is 25.7 Å². The SMILES string of the molecule is NC1(CO)CCCC1CCn1ccnc1-c1ccccc1. The maximum Gasteiger partial charge on any atom is 0.139 e. The number of aliphatic hydroxyl groups excluding tert-OH is 1. The molecule has 4 nitrogen and oxygen atoms in total. The zero-order valence-corrected chi connectivity index (χ0v) is 12.3. The molecule has 1 saturated carbocycles. The van der Waals surface area contributed by atoms with Crippen molar-refractivity contribution in [2.24, 2.45) is 11.7 Å². The number of nitrogens with zero attached hydrogens (tertiary/aromatic N) is 2. The molecule has 3 N–H and O–H groups in total. The second kappa shape index (κ2) is 6.00. The van der Waals surface area contributed by atoms with E-state index in [1.807, 2.05) is 30.6 Å². The molecule has 1 aromatic heterocycles. The van der Waals surface area contributed by atoms with Crippen molar-refractivity contribution in [1.82, 2.24) is 9.55 Å². The van der Waals surface area contributed by atoms with Crippen LogP contribution < -0.4 is 5.73 Å². The molecule has 1 aromatic carbocycles. The minimum Gasteiger partial charge on any atom is -0.394 e. The first-order valence-electron chi connectivity index (χ1n) is 7.69. The van der Waals surface area contributed by atoms with Gasteiger partial charge in [-0.05, 0) is 25.2 Å². The fourth-order valence-corrected chi connectivity index (χ4v) is 3.44. The Kier molecular flexibility index (Phi) is 4.08. The van der Waals surface area contributed by atoms with Crippen molar-refractivity contribution < 1.29 is 5.11 Å². The Bertz CT molecular complexity index is 581. The lowest BCUT2D eigenvalue weighted by Gasteiger charge is -2.29. The number of imidazole rings is 1. The van der Waals surface area contributed by atoms with E-state index in [2.05, 4.69) is 21.7 Å². The van der Waals surface area contributed by atoms with E-state index in [0.29, 0.717) is 5.92 Å². The van der Waals surface area contributed by atoms with Gasteiger partial charge in [-0.1, -0.05) is 36.8 Å². The predicted molar refractivity (Wildman–Crippen MR) is 83.6 cm³/mol. The minimum absolute atomic E-state index is 0.0904. The molecule has 1 aliphatic carbocycles. The summed E-state index contributed by atoms with van der Waals surface area (Å²) in [5.74, 6) is 1.40. The minimum atomic E-state index is -0.381. The third kappa shape index (κ3) is 2.87. The summed E-state index contributed by atoms with van der Waals surface area (Å²) < 4.78 is 2.19. The molecule has 1 heterocycles. The standard InChI is InChI=1S/C17H23N3O/c18-17(13-21)9-4-7-15(17)8-11-20-12-10-19-16(20)14-5-2-1-3-6-14/h1-3,5-6,10,12,15,21H,4,7-9,11,13,18H2. The third-order valence-electron chi connectivity index (χ3n) is 4.77. The van der Waals surface area contributed by atoms with Crippen molar-refractivity contribution in [2.45, 2.75) is 37.8 Å². The number of aryl methyl sites for hydroxylation is 1. The summed E-state index contributed by atoms with van der Waals surface area (Å²) in [6, 6.07) is 10.2. The van der Waals surface area contributed by atoms with Gasteiger partial charge in [0.15, 0.2) is 0 Å². The van der Waals surface area contributed by atoms with E-state index < -0.39 is 0 Å². The number of rotatable bonds is 5. The van der Waals surface area contributed by atoms with Gasteiger partial charge in [-0.2, -0.15) is 0 Å². The Morgan fingerprint density at radius 3 is 2.90 bits per heavy atom.